The monoisotopic (exact) mass is 455 g/mol. The van der Waals surface area contributed by atoms with Crippen LogP contribution in [0.2, 0.25) is 0 Å². The van der Waals surface area contributed by atoms with Crippen molar-refractivity contribution < 1.29 is 31.8 Å². The molecule has 5 rings (SSSR count). The molecule has 2 aromatic heterocycles. The summed E-state index contributed by atoms with van der Waals surface area (Å²) in [6.45, 7) is 3.30. The van der Waals surface area contributed by atoms with Gasteiger partial charge in [-0.05, 0) is 32.3 Å². The lowest BCUT2D eigenvalue weighted by Crippen LogP contribution is -2.56. The number of anilines is 1. The van der Waals surface area contributed by atoms with Crippen LogP contribution in [-0.2, 0) is 10.9 Å². The highest BCUT2D eigenvalue weighted by molar-refractivity contribution is 5.80. The summed E-state index contributed by atoms with van der Waals surface area (Å²) < 4.78 is 74.7. The Hall–Kier alpha value is -3.02. The molecule has 0 amide bonds. The number of fused-ring (bicyclic) bond motifs is 1. The molecule has 1 spiro atoms. The van der Waals surface area contributed by atoms with Gasteiger partial charge in [0.25, 0.3) is 0 Å². The number of phenols is 1. The summed E-state index contributed by atoms with van der Waals surface area (Å²) in [6.07, 6.45) is -0.808. The Kier molecular flexibility index (Phi) is 4.56. The molecule has 12 heteroatoms. The zero-order valence-electron chi connectivity index (χ0n) is 16.9. The van der Waals surface area contributed by atoms with Gasteiger partial charge in [-0.25, -0.2) is 23.4 Å². The van der Waals surface area contributed by atoms with E-state index in [1.807, 2.05) is 4.90 Å². The van der Waals surface area contributed by atoms with Gasteiger partial charge >= 0.3 is 6.18 Å². The van der Waals surface area contributed by atoms with Gasteiger partial charge in [0.1, 0.15) is 16.7 Å². The van der Waals surface area contributed by atoms with Crippen molar-refractivity contribution in [3.05, 3.63) is 35.2 Å². The van der Waals surface area contributed by atoms with Gasteiger partial charge < -0.3 is 14.7 Å². The highest BCUT2D eigenvalue weighted by Crippen LogP contribution is 2.40. The van der Waals surface area contributed by atoms with E-state index in [0.717, 1.165) is 23.9 Å². The minimum Gasteiger partial charge on any atom is -0.503 e. The first-order chi connectivity index (χ1) is 15.1. The fourth-order valence-corrected chi connectivity index (χ4v) is 4.23. The van der Waals surface area contributed by atoms with E-state index in [4.69, 9.17) is 4.74 Å². The van der Waals surface area contributed by atoms with Crippen molar-refractivity contribution in [1.29, 1.82) is 0 Å². The molecular weight excluding hydrogens is 437 g/mol. The number of rotatable bonds is 2. The predicted molar refractivity (Wildman–Crippen MR) is 103 cm³/mol. The molecule has 0 unspecified atom stereocenters. The number of hydrogen-bond donors (Lipinski definition) is 1. The largest absolute Gasteiger partial charge is 0.503 e. The average Bonchev–Trinajstić information content (AvgIpc) is 3.06. The van der Waals surface area contributed by atoms with Crippen molar-refractivity contribution in [2.75, 3.05) is 24.6 Å². The SMILES string of the molecule is Cc1nn(-c2cc(C(F)(F)F)c(F)c(O)c2F)c2cnc(N3CCOC4(CCC4)C3)nc12. The van der Waals surface area contributed by atoms with E-state index in [9.17, 15) is 27.1 Å². The number of phenolic OH excluding ortho intramolecular Hbond substituents is 1. The van der Waals surface area contributed by atoms with Crippen LogP contribution >= 0.6 is 0 Å². The quantitative estimate of drug-likeness (QED) is 0.591. The lowest BCUT2D eigenvalue weighted by atomic mass is 9.79. The zero-order valence-corrected chi connectivity index (χ0v) is 16.9. The van der Waals surface area contributed by atoms with Crippen LogP contribution in [0.4, 0.5) is 27.9 Å². The van der Waals surface area contributed by atoms with Gasteiger partial charge in [-0.1, -0.05) is 0 Å². The molecule has 2 aliphatic rings. The third-order valence-electron chi connectivity index (χ3n) is 6.07. The molecule has 1 N–H and O–H groups in total. The maximum atomic E-state index is 14.6. The summed E-state index contributed by atoms with van der Waals surface area (Å²) in [7, 11) is 0. The summed E-state index contributed by atoms with van der Waals surface area (Å²) in [6, 6.07) is 0.270. The van der Waals surface area contributed by atoms with Crippen molar-refractivity contribution >= 4 is 17.0 Å². The third kappa shape index (κ3) is 3.15. The van der Waals surface area contributed by atoms with Crippen molar-refractivity contribution in [2.45, 2.75) is 38.0 Å². The van der Waals surface area contributed by atoms with Crippen LogP contribution in [0, 0.1) is 18.6 Å². The lowest BCUT2D eigenvalue weighted by Gasteiger charge is -2.48. The summed E-state index contributed by atoms with van der Waals surface area (Å²) in [4.78, 5) is 10.8. The van der Waals surface area contributed by atoms with E-state index in [2.05, 4.69) is 15.1 Å². The number of halogens is 5. The van der Waals surface area contributed by atoms with Crippen molar-refractivity contribution in [3.63, 3.8) is 0 Å². The maximum Gasteiger partial charge on any atom is 0.419 e. The van der Waals surface area contributed by atoms with E-state index >= 15 is 0 Å². The molecule has 2 fully saturated rings. The highest BCUT2D eigenvalue weighted by Gasteiger charge is 2.43. The molecule has 0 radical (unpaired) electrons. The number of alkyl halides is 3. The van der Waals surface area contributed by atoms with Crippen LogP contribution < -0.4 is 4.90 Å². The minimum absolute atomic E-state index is 0.121. The summed E-state index contributed by atoms with van der Waals surface area (Å²) in [5.74, 6) is -4.97. The van der Waals surface area contributed by atoms with Crippen LogP contribution in [0.1, 0.15) is 30.5 Å². The normalized spacial score (nSPS) is 18.4. The number of aromatic nitrogens is 4. The molecule has 170 valence electrons. The van der Waals surface area contributed by atoms with Gasteiger partial charge in [0.2, 0.25) is 5.95 Å². The molecule has 1 aromatic carbocycles. The van der Waals surface area contributed by atoms with Crippen LogP contribution in [0.25, 0.3) is 16.7 Å². The van der Waals surface area contributed by atoms with E-state index in [-0.39, 0.29) is 17.2 Å². The molecule has 3 heterocycles. The minimum atomic E-state index is -5.14. The Bertz CT molecular complexity index is 1220. The molecule has 32 heavy (non-hydrogen) atoms. The number of hydrogen-bond acceptors (Lipinski definition) is 6. The molecule has 1 saturated carbocycles. The molecule has 1 aliphatic heterocycles. The molecule has 1 saturated heterocycles. The van der Waals surface area contributed by atoms with Crippen LogP contribution in [0.5, 0.6) is 5.75 Å². The predicted octanol–water partition coefficient (Wildman–Crippen LogP) is 3.89. The molecular formula is C20H18F5N5O2. The van der Waals surface area contributed by atoms with Gasteiger partial charge in [0.05, 0.1) is 29.7 Å². The van der Waals surface area contributed by atoms with E-state index in [1.54, 1.807) is 6.92 Å². The van der Waals surface area contributed by atoms with Gasteiger partial charge in [0, 0.05) is 13.1 Å². The summed E-state index contributed by atoms with van der Waals surface area (Å²) >= 11 is 0. The van der Waals surface area contributed by atoms with Crippen molar-refractivity contribution in [3.8, 4) is 11.4 Å². The molecule has 3 aromatic rings. The van der Waals surface area contributed by atoms with E-state index < -0.39 is 34.8 Å². The standard InChI is InChI=1S/C20H18F5N5O2/c1-10-16-13(8-26-18(27-16)29-5-6-32-19(9-29)3-2-4-19)30(28-10)12-7-11(20(23,24)25)14(21)17(31)15(12)22/h7-8,31H,2-6,9H2,1H3. The summed E-state index contributed by atoms with van der Waals surface area (Å²) in [5, 5.41) is 13.7. The molecule has 7 nitrogen and oxygen atoms in total. The number of morpholine rings is 1. The first-order valence-corrected chi connectivity index (χ1v) is 9.99. The number of ether oxygens (including phenoxy) is 1. The third-order valence-corrected chi connectivity index (χ3v) is 6.07. The topological polar surface area (TPSA) is 76.3 Å². The molecule has 0 atom stereocenters. The average molecular weight is 455 g/mol. The van der Waals surface area contributed by atoms with Gasteiger partial charge in [0.15, 0.2) is 17.4 Å². The Morgan fingerprint density at radius 3 is 2.59 bits per heavy atom. The van der Waals surface area contributed by atoms with Crippen LogP contribution in [-0.4, -0.2) is 50.2 Å². The fraction of sp³-hybridized carbons (Fsp3) is 0.450. The van der Waals surface area contributed by atoms with Gasteiger partial charge in [-0.15, -0.1) is 0 Å². The summed E-state index contributed by atoms with van der Waals surface area (Å²) in [5.41, 5.74) is -2.02. The highest BCUT2D eigenvalue weighted by atomic mass is 19.4. The van der Waals surface area contributed by atoms with E-state index in [0.29, 0.717) is 36.9 Å². The van der Waals surface area contributed by atoms with Crippen LogP contribution in [0.15, 0.2) is 12.3 Å². The number of benzene rings is 1. The van der Waals surface area contributed by atoms with E-state index in [1.165, 1.54) is 6.20 Å². The van der Waals surface area contributed by atoms with Gasteiger partial charge in [-0.3, -0.25) is 0 Å². The Balaban J connectivity index is 1.59. The first-order valence-electron chi connectivity index (χ1n) is 9.99. The second-order valence-corrected chi connectivity index (χ2v) is 8.13. The Morgan fingerprint density at radius 1 is 1.19 bits per heavy atom. The lowest BCUT2D eigenvalue weighted by molar-refractivity contribution is -0.140. The number of aryl methyl sites for hydroxylation is 1. The second-order valence-electron chi connectivity index (χ2n) is 8.13. The Labute approximate surface area is 178 Å². The second kappa shape index (κ2) is 6.99. The van der Waals surface area contributed by atoms with Gasteiger partial charge in [-0.2, -0.15) is 18.3 Å². The Morgan fingerprint density at radius 2 is 1.94 bits per heavy atom. The van der Waals surface area contributed by atoms with Crippen LogP contribution in [0.3, 0.4) is 0 Å². The maximum absolute atomic E-state index is 14.6. The fourth-order valence-electron chi connectivity index (χ4n) is 4.23. The van der Waals surface area contributed by atoms with Crippen molar-refractivity contribution in [1.82, 2.24) is 19.7 Å². The number of nitrogens with zero attached hydrogens (tertiary/aromatic N) is 5. The molecule has 1 aliphatic carbocycles. The smallest absolute Gasteiger partial charge is 0.419 e. The van der Waals surface area contributed by atoms with Crippen molar-refractivity contribution in [2.24, 2.45) is 0 Å². The first kappa shape index (κ1) is 20.9. The number of aromatic hydroxyl groups is 1. The zero-order chi connectivity index (χ0) is 22.8. The molecule has 0 bridgehead atoms.